The van der Waals surface area contributed by atoms with Gasteiger partial charge in [0.1, 0.15) is 11.1 Å². The number of carbonyl (C=O) groups excluding carboxylic acids is 1. The maximum absolute atomic E-state index is 14.7. The summed E-state index contributed by atoms with van der Waals surface area (Å²) >= 11 is 6.15. The highest BCUT2D eigenvalue weighted by atomic mass is 35.5. The molecular weight excluding hydrogens is 499 g/mol. The van der Waals surface area contributed by atoms with Crippen LogP contribution in [0.15, 0.2) is 23.1 Å². The molecule has 0 aromatic carbocycles. The number of halogens is 2. The van der Waals surface area contributed by atoms with Crippen LogP contribution in [0.25, 0.3) is 16.7 Å². The summed E-state index contributed by atoms with van der Waals surface area (Å²) in [6.45, 7) is 14.3. The van der Waals surface area contributed by atoms with Gasteiger partial charge < -0.3 is 14.5 Å². The minimum Gasteiger partial charge on any atom is -0.444 e. The molecule has 1 amide bonds. The molecule has 37 heavy (non-hydrogen) atoms. The van der Waals surface area contributed by atoms with Crippen LogP contribution in [-0.4, -0.2) is 61.8 Å². The third-order valence-corrected chi connectivity index (χ3v) is 6.50. The quantitative estimate of drug-likeness (QED) is 0.447. The fourth-order valence-electron chi connectivity index (χ4n) is 4.55. The van der Waals surface area contributed by atoms with Crippen LogP contribution in [0, 0.1) is 12.9 Å². The van der Waals surface area contributed by atoms with Gasteiger partial charge in [-0.25, -0.2) is 14.6 Å². The highest BCUT2D eigenvalue weighted by Gasteiger charge is 2.33. The second-order valence-electron chi connectivity index (χ2n) is 10.7. The Kier molecular flexibility index (Phi) is 7.16. The molecule has 0 aliphatic carbocycles. The highest BCUT2D eigenvalue weighted by Crippen LogP contribution is 2.32. The molecule has 1 fully saturated rings. The van der Waals surface area contributed by atoms with Crippen LogP contribution in [0.4, 0.5) is 15.0 Å². The lowest BCUT2D eigenvalue weighted by molar-refractivity contribution is 0.0218. The van der Waals surface area contributed by atoms with Gasteiger partial charge in [0.25, 0.3) is 0 Å². The van der Waals surface area contributed by atoms with Crippen molar-refractivity contribution in [2.24, 2.45) is 0 Å². The molecular formula is C26H32ClFN6O3. The van der Waals surface area contributed by atoms with Gasteiger partial charge >= 0.3 is 11.8 Å². The van der Waals surface area contributed by atoms with Crippen LogP contribution in [0.3, 0.4) is 0 Å². The Morgan fingerprint density at radius 3 is 2.57 bits per heavy atom. The summed E-state index contributed by atoms with van der Waals surface area (Å²) < 4.78 is 21.6. The first-order chi connectivity index (χ1) is 17.3. The summed E-state index contributed by atoms with van der Waals surface area (Å²) in [4.78, 5) is 42.7. The van der Waals surface area contributed by atoms with Crippen LogP contribution in [0.2, 0.25) is 5.02 Å². The molecule has 4 rings (SSSR count). The third kappa shape index (κ3) is 5.25. The summed E-state index contributed by atoms with van der Waals surface area (Å²) in [5.41, 5.74) is 1.48. The van der Waals surface area contributed by atoms with Gasteiger partial charge in [-0.1, -0.05) is 25.4 Å². The lowest BCUT2D eigenvalue weighted by Gasteiger charge is -2.40. The summed E-state index contributed by atoms with van der Waals surface area (Å²) in [6.07, 6.45) is 1.29. The van der Waals surface area contributed by atoms with Gasteiger partial charge in [0.2, 0.25) is 5.95 Å². The molecule has 1 saturated heterocycles. The molecule has 0 saturated carbocycles. The van der Waals surface area contributed by atoms with Crippen molar-refractivity contribution in [2.45, 2.75) is 66.0 Å². The van der Waals surface area contributed by atoms with Crippen LogP contribution in [-0.2, 0) is 4.74 Å². The number of ether oxygens (including phenoxy) is 1. The first-order valence-corrected chi connectivity index (χ1v) is 12.7. The lowest BCUT2D eigenvalue weighted by Crippen LogP contribution is -2.55. The van der Waals surface area contributed by atoms with Gasteiger partial charge in [-0.2, -0.15) is 9.37 Å². The average Bonchev–Trinajstić information content (AvgIpc) is 2.79. The van der Waals surface area contributed by atoms with E-state index in [2.05, 4.69) is 15.0 Å². The molecule has 0 radical (unpaired) electrons. The molecule has 0 bridgehead atoms. The first-order valence-electron chi connectivity index (χ1n) is 12.3. The topological polar surface area (TPSA) is 93.5 Å². The van der Waals surface area contributed by atoms with Crippen molar-refractivity contribution in [1.82, 2.24) is 24.4 Å². The Morgan fingerprint density at radius 1 is 1.24 bits per heavy atom. The number of hydrogen-bond donors (Lipinski definition) is 0. The van der Waals surface area contributed by atoms with Crippen LogP contribution in [0.1, 0.15) is 58.7 Å². The Hall–Kier alpha value is -3.27. The fourth-order valence-corrected chi connectivity index (χ4v) is 4.70. The summed E-state index contributed by atoms with van der Waals surface area (Å²) in [5, 5.41) is -0.201. The number of aromatic nitrogens is 4. The Morgan fingerprint density at radius 2 is 1.95 bits per heavy atom. The van der Waals surface area contributed by atoms with E-state index in [1.807, 2.05) is 59.4 Å². The SMILES string of the molecule is Cc1ccnc(C(C)C)c1-n1c(=O)nc(N2CCN(C(=O)OC(C)(C)C)C[C@@H]2C)c2nc(F)c(Cl)cc21. The Bertz CT molecular complexity index is 1420. The van der Waals surface area contributed by atoms with E-state index >= 15 is 0 Å². The lowest BCUT2D eigenvalue weighted by atomic mass is 10.0. The Balaban J connectivity index is 1.85. The number of piperazine rings is 1. The molecule has 1 aliphatic rings. The van der Waals surface area contributed by atoms with Crippen molar-refractivity contribution in [3.63, 3.8) is 0 Å². The van der Waals surface area contributed by atoms with Gasteiger partial charge in [-0.05, 0) is 58.2 Å². The van der Waals surface area contributed by atoms with E-state index in [4.69, 9.17) is 16.3 Å². The van der Waals surface area contributed by atoms with E-state index in [0.29, 0.717) is 36.5 Å². The number of pyridine rings is 2. The summed E-state index contributed by atoms with van der Waals surface area (Å²) in [6, 6.07) is 2.98. The standard InChI is InChI=1S/C26H32ClFN6O3/c1-14(2)19-21(15(3)8-9-29-19)34-18-12-17(27)22(28)30-20(18)23(31-24(34)35)33-11-10-32(13-16(33)4)25(36)37-26(5,6)7/h8-9,12,14,16H,10-11,13H2,1-7H3/t16-/m0/s1. The van der Waals surface area contributed by atoms with E-state index < -0.39 is 23.3 Å². The van der Waals surface area contributed by atoms with Gasteiger partial charge in [0.15, 0.2) is 5.82 Å². The molecule has 9 nitrogen and oxygen atoms in total. The van der Waals surface area contributed by atoms with Crippen molar-refractivity contribution in [3.8, 4) is 5.69 Å². The zero-order chi connectivity index (χ0) is 27.2. The largest absolute Gasteiger partial charge is 0.444 e. The normalized spacial score (nSPS) is 16.5. The molecule has 3 aromatic rings. The zero-order valence-corrected chi connectivity index (χ0v) is 22.9. The molecule has 0 N–H and O–H groups in total. The molecule has 11 heteroatoms. The number of hydrogen-bond acceptors (Lipinski definition) is 7. The number of fused-ring (bicyclic) bond motifs is 1. The fraction of sp³-hybridized carbons (Fsp3) is 0.500. The number of amides is 1. The van der Waals surface area contributed by atoms with Crippen molar-refractivity contribution in [1.29, 1.82) is 0 Å². The van der Waals surface area contributed by atoms with E-state index in [1.54, 1.807) is 11.1 Å². The molecule has 198 valence electrons. The smallest absolute Gasteiger partial charge is 0.410 e. The third-order valence-electron chi connectivity index (χ3n) is 6.23. The van der Waals surface area contributed by atoms with Crippen LogP contribution >= 0.6 is 11.6 Å². The van der Waals surface area contributed by atoms with Crippen molar-refractivity contribution >= 4 is 34.5 Å². The number of carbonyl (C=O) groups is 1. The molecule has 1 aliphatic heterocycles. The van der Waals surface area contributed by atoms with E-state index in [9.17, 15) is 14.0 Å². The number of aryl methyl sites for hydroxylation is 1. The minimum atomic E-state index is -0.852. The average molecular weight is 531 g/mol. The molecule has 4 heterocycles. The second-order valence-corrected chi connectivity index (χ2v) is 11.1. The zero-order valence-electron chi connectivity index (χ0n) is 22.2. The number of anilines is 1. The van der Waals surface area contributed by atoms with Gasteiger partial charge in [0.05, 0.1) is 21.9 Å². The maximum atomic E-state index is 14.7. The number of rotatable bonds is 3. The van der Waals surface area contributed by atoms with Crippen molar-refractivity contribution in [3.05, 3.63) is 51.0 Å². The van der Waals surface area contributed by atoms with Gasteiger partial charge in [-0.15, -0.1) is 0 Å². The van der Waals surface area contributed by atoms with E-state index in [0.717, 1.165) is 5.56 Å². The summed E-state index contributed by atoms with van der Waals surface area (Å²) in [5.74, 6) is -0.591. The second kappa shape index (κ2) is 9.89. The molecule has 1 atom stereocenters. The monoisotopic (exact) mass is 530 g/mol. The Labute approximate surface area is 220 Å². The summed E-state index contributed by atoms with van der Waals surface area (Å²) in [7, 11) is 0. The molecule has 0 unspecified atom stereocenters. The van der Waals surface area contributed by atoms with Crippen LogP contribution < -0.4 is 10.6 Å². The number of nitrogens with zero attached hydrogens (tertiary/aromatic N) is 6. The van der Waals surface area contributed by atoms with Crippen molar-refractivity contribution in [2.75, 3.05) is 24.5 Å². The van der Waals surface area contributed by atoms with Gasteiger partial charge in [-0.3, -0.25) is 9.55 Å². The van der Waals surface area contributed by atoms with E-state index in [1.165, 1.54) is 10.6 Å². The predicted molar refractivity (Wildman–Crippen MR) is 141 cm³/mol. The van der Waals surface area contributed by atoms with E-state index in [-0.39, 0.29) is 28.3 Å². The molecule has 3 aromatic heterocycles. The molecule has 0 spiro atoms. The first kappa shape index (κ1) is 26.8. The van der Waals surface area contributed by atoms with Crippen LogP contribution in [0.5, 0.6) is 0 Å². The predicted octanol–water partition coefficient (Wildman–Crippen LogP) is 4.85. The minimum absolute atomic E-state index is 0.0151. The highest BCUT2D eigenvalue weighted by molar-refractivity contribution is 6.31. The maximum Gasteiger partial charge on any atom is 0.410 e. The van der Waals surface area contributed by atoms with Crippen molar-refractivity contribution < 1.29 is 13.9 Å². The van der Waals surface area contributed by atoms with Gasteiger partial charge in [0, 0.05) is 31.9 Å².